The molecule has 2 aliphatic heterocycles. The molecule has 5 heteroatoms. The normalized spacial score (nSPS) is 14.1. The zero-order valence-electron chi connectivity index (χ0n) is 85.5. The first-order valence-electron chi connectivity index (χ1n) is 51.6. The second kappa shape index (κ2) is 29.0. The van der Waals surface area contributed by atoms with Crippen LogP contribution in [0.2, 0.25) is 0 Å². The number of para-hydroxylation sites is 4. The number of fused-ring (bicyclic) bond motifs is 22. The van der Waals surface area contributed by atoms with Gasteiger partial charge in [-0.25, -0.2) is 0 Å². The molecule has 0 atom stereocenters. The minimum Gasteiger partial charge on any atom is -0.310 e. The Balaban J connectivity index is 0.829. The molecule has 0 N–H and O–H groups in total. The molecule has 27 rings (SSSR count). The van der Waals surface area contributed by atoms with Crippen LogP contribution in [-0.4, -0.2) is 15.8 Å². The first-order chi connectivity index (χ1) is 70.4. The van der Waals surface area contributed by atoms with E-state index >= 15 is 0 Å². The van der Waals surface area contributed by atoms with Crippen molar-refractivity contribution in [2.45, 2.75) is 26.2 Å². The fourth-order valence-corrected chi connectivity index (χ4v) is 21.4. The van der Waals surface area contributed by atoms with Crippen LogP contribution in [0.1, 0.15) is 45.5 Å². The number of benzene rings is 23. The van der Waals surface area contributed by atoms with Crippen molar-refractivity contribution >= 4 is 187 Å². The van der Waals surface area contributed by atoms with Crippen molar-refractivity contribution in [2.24, 2.45) is 0 Å². The quantitative estimate of drug-likeness (QED) is 0.100. The van der Waals surface area contributed by atoms with Crippen LogP contribution in [0.15, 0.2) is 449 Å². The molecular weight excluding hydrogens is 1580 g/mol. The Morgan fingerprint density at radius 3 is 0.908 bits per heavy atom. The van der Waals surface area contributed by atoms with Gasteiger partial charge in [-0.05, 0) is 255 Å². The topological polar surface area (TPSA) is 16.3 Å². The Morgan fingerprint density at radius 1 is 0.229 bits per heavy atom. The molecule has 131 heavy (non-hydrogen) atoms. The van der Waals surface area contributed by atoms with Crippen molar-refractivity contribution in [2.75, 3.05) is 9.80 Å². The number of hydrogen-bond acceptors (Lipinski definition) is 2. The minimum absolute atomic E-state index is 0.0124. The Labute approximate surface area is 779 Å². The van der Waals surface area contributed by atoms with Crippen LogP contribution in [0, 0.1) is 0 Å². The van der Waals surface area contributed by atoms with Crippen LogP contribution in [0.3, 0.4) is 0 Å². The molecule has 2 aliphatic rings. The van der Waals surface area contributed by atoms with Crippen molar-refractivity contribution in [3.05, 3.63) is 454 Å². The summed E-state index contributed by atoms with van der Waals surface area (Å²) in [6.07, 6.45) is 0. The average Bonchev–Trinajstić information content (AvgIpc) is 1.29. The van der Waals surface area contributed by atoms with E-state index in [4.69, 9.17) is 0 Å². The molecule has 0 saturated carbocycles. The highest BCUT2D eigenvalue weighted by Crippen LogP contribution is 2.56. The molecule has 610 valence electrons. The second-order valence-corrected chi connectivity index (χ2v) is 35.9. The van der Waals surface area contributed by atoms with E-state index in [2.05, 4.69) is 322 Å². The molecule has 0 aliphatic carbocycles. The van der Waals surface area contributed by atoms with Crippen LogP contribution in [-0.2, 0) is 5.41 Å². The first-order valence-corrected chi connectivity index (χ1v) is 44.6. The van der Waals surface area contributed by atoms with Crippen LogP contribution in [0.4, 0.5) is 34.1 Å². The molecule has 23 aromatic carbocycles. The number of nitrogens with zero attached hydrogens (tertiary/aromatic N) is 4. The number of anilines is 6. The summed E-state index contributed by atoms with van der Waals surface area (Å²) in [4.78, 5) is 4.83. The third-order valence-electron chi connectivity index (χ3n) is 27.6. The Kier molecular flexibility index (Phi) is 13.6. The van der Waals surface area contributed by atoms with Gasteiger partial charge in [0.15, 0.2) is 0 Å². The van der Waals surface area contributed by atoms with Gasteiger partial charge in [0, 0.05) is 77.9 Å². The highest BCUT2D eigenvalue weighted by molar-refractivity contribution is 7.00. The van der Waals surface area contributed by atoms with Crippen LogP contribution < -0.4 is 26.2 Å². The van der Waals surface area contributed by atoms with Gasteiger partial charge >= 0.3 is 0 Å². The molecule has 0 spiro atoms. The average molecular weight is 1680 g/mol. The highest BCUT2D eigenvalue weighted by atomic mass is 15.2. The third-order valence-corrected chi connectivity index (χ3v) is 27.6. The molecule has 0 fully saturated rings. The molecule has 4 nitrogen and oxygen atoms in total. The van der Waals surface area contributed by atoms with Gasteiger partial charge < -0.3 is 18.9 Å². The van der Waals surface area contributed by atoms with E-state index in [9.17, 15) is 19.2 Å². The SMILES string of the molecule is [2H]c1c([2H])c([2H])c2c(c1[2H])c1c([2H])c(-c3ccccc3)c([2H])c([2H])c1n2-c1ccc2c(c1)N(c1c(-c3ccc4c(ccc5ccccc54)c3)cccc1-c1ccc3c(ccc4ccccc43)c1)c1cc(C(C)(C)C)cc3c1B2c1ccc(-n2c4c([2H])c([2H])c([2H])c([2H])c4c4c([2H])c(-c5ccccc5)c([2H])c([2H])c42)cc1N3c1c(-c2ccc3c(ccc4ccccc43)c2)cccc1-c1ccc2c(ccc3ccccc32)c1. The summed E-state index contributed by atoms with van der Waals surface area (Å²) in [5, 5.41) is 17.4. The first kappa shape index (κ1) is 61.7. The summed E-state index contributed by atoms with van der Waals surface area (Å²) in [5.41, 5.74) is 16.0. The second-order valence-electron chi connectivity index (χ2n) is 35.9. The number of hydrogen-bond donors (Lipinski definition) is 0. The van der Waals surface area contributed by atoms with E-state index in [1.165, 1.54) is 0 Å². The zero-order chi connectivity index (χ0) is 98.6. The fraction of sp³-hybridized carbons (Fsp3) is 0.0317. The van der Waals surface area contributed by atoms with E-state index in [-0.39, 0.29) is 91.0 Å². The Bertz CT molecular complexity index is 9280. The molecule has 0 unspecified atom stereocenters. The van der Waals surface area contributed by atoms with Gasteiger partial charge in [-0.2, -0.15) is 0 Å². The predicted molar refractivity (Wildman–Crippen MR) is 561 cm³/mol. The van der Waals surface area contributed by atoms with E-state index < -0.39 is 60.5 Å². The van der Waals surface area contributed by atoms with E-state index in [1.54, 1.807) is 33.4 Å². The summed E-state index contributed by atoms with van der Waals surface area (Å²) in [6, 6.07) is 121. The highest BCUT2D eigenvalue weighted by Gasteiger charge is 2.47. The summed E-state index contributed by atoms with van der Waals surface area (Å²) in [7, 11) is 0. The van der Waals surface area contributed by atoms with Crippen molar-refractivity contribution in [3.63, 3.8) is 0 Å². The lowest BCUT2D eigenvalue weighted by Crippen LogP contribution is -2.61. The van der Waals surface area contributed by atoms with Gasteiger partial charge in [0.05, 0.1) is 52.6 Å². The van der Waals surface area contributed by atoms with Gasteiger partial charge in [-0.1, -0.05) is 372 Å². The van der Waals surface area contributed by atoms with Crippen molar-refractivity contribution in [3.8, 4) is 78.1 Å². The maximum absolute atomic E-state index is 10.6. The number of rotatable bonds is 10. The van der Waals surface area contributed by atoms with Crippen LogP contribution >= 0.6 is 0 Å². The molecule has 0 radical (unpaired) electrons. The van der Waals surface area contributed by atoms with Crippen molar-refractivity contribution < 1.29 is 19.2 Å². The lowest BCUT2D eigenvalue weighted by Gasteiger charge is -2.46. The largest absolute Gasteiger partial charge is 0.310 e. The monoisotopic (exact) mass is 1680 g/mol. The van der Waals surface area contributed by atoms with E-state index in [0.717, 1.165) is 175 Å². The number of aromatic nitrogens is 2. The molecule has 0 saturated heterocycles. The van der Waals surface area contributed by atoms with Crippen molar-refractivity contribution in [1.29, 1.82) is 0 Å². The Morgan fingerprint density at radius 2 is 0.550 bits per heavy atom. The lowest BCUT2D eigenvalue weighted by atomic mass is 9.33. The van der Waals surface area contributed by atoms with Crippen LogP contribution in [0.5, 0.6) is 0 Å². The lowest BCUT2D eigenvalue weighted by molar-refractivity contribution is 0.590. The summed E-state index contributed by atoms with van der Waals surface area (Å²) >= 11 is 0. The van der Waals surface area contributed by atoms with Gasteiger partial charge in [-0.3, -0.25) is 0 Å². The molecular formula is C126H83BN4. The van der Waals surface area contributed by atoms with E-state index in [1.807, 2.05) is 48.5 Å². The maximum Gasteiger partial charge on any atom is 0.252 e. The molecule has 25 aromatic rings. The van der Waals surface area contributed by atoms with Crippen molar-refractivity contribution in [1.82, 2.24) is 9.13 Å². The smallest absolute Gasteiger partial charge is 0.252 e. The van der Waals surface area contributed by atoms with Gasteiger partial charge in [0.25, 0.3) is 6.71 Å². The molecule has 0 amide bonds. The third kappa shape index (κ3) is 11.7. The molecule has 4 heterocycles. The summed E-state index contributed by atoms with van der Waals surface area (Å²) in [6.45, 7) is 5.88. The summed E-state index contributed by atoms with van der Waals surface area (Å²) < 4.78 is 145. The van der Waals surface area contributed by atoms with Gasteiger partial charge in [0.2, 0.25) is 0 Å². The molecule has 2 aromatic heterocycles. The minimum atomic E-state index is -0.803. The fourth-order valence-electron chi connectivity index (χ4n) is 21.4. The maximum atomic E-state index is 10.6. The van der Waals surface area contributed by atoms with E-state index in [0.29, 0.717) is 33.9 Å². The van der Waals surface area contributed by atoms with Gasteiger partial charge in [0.1, 0.15) is 0 Å². The standard InChI is InChI=1S/C126H83BN4/c1-126(2,3)94-74-121-123-122(75-94)131(125-107(92-54-62-103-88(70-92)50-46-82-30-12-16-34-99(82)103)40-23-41-108(125)93-55-63-104-89(71-93)51-47-83-31-13-17-35-100(83)104)120-77-96(129-116-43-21-19-37-110(116)112-73-85(57-67-118(112)129)79-26-8-5-9-27-79)59-65-114(120)127(123)113-64-58-95(128-115-42-20-18-36-109(115)111-72-84(56-66-117(111)128)78-24-6-4-7-25-78)76-119(113)130(121)124-105(90-52-60-101-86(68-90)48-44-80-28-10-14-32-97(80)101)38-22-39-106(124)91-53-61-102-87(69-91)49-45-81-29-11-15-33-98(81)102/h4-77H,1-3H3/i18D,19D,20D,21D,36D,37D,42D,43D,56D,57D,66D,67D,72D,73D. The Hall–Kier alpha value is -16.6. The van der Waals surface area contributed by atoms with Gasteiger partial charge in [-0.15, -0.1) is 0 Å². The predicted octanol–water partition coefficient (Wildman–Crippen LogP) is 32.5. The zero-order valence-corrected chi connectivity index (χ0v) is 71.5. The molecule has 0 bridgehead atoms. The summed E-state index contributed by atoms with van der Waals surface area (Å²) in [5.74, 6) is 0. The van der Waals surface area contributed by atoms with Crippen LogP contribution in [0.25, 0.3) is 208 Å².